The summed E-state index contributed by atoms with van der Waals surface area (Å²) in [5.74, 6) is -0.684. The van der Waals surface area contributed by atoms with E-state index in [2.05, 4.69) is 64.5 Å². The summed E-state index contributed by atoms with van der Waals surface area (Å²) in [6.45, 7) is 8.36. The van der Waals surface area contributed by atoms with Crippen molar-refractivity contribution in [3.63, 3.8) is 0 Å². The molecular weight excluding hydrogens is 567 g/mol. The molecular formula is C29H29ClF3N9. The van der Waals surface area contributed by atoms with Crippen LogP contribution in [0.4, 0.5) is 24.5 Å². The minimum atomic E-state index is -2.68. The predicted octanol–water partition coefficient (Wildman–Crippen LogP) is 6.07. The fourth-order valence-corrected chi connectivity index (χ4v) is 5.23. The minimum absolute atomic E-state index is 0.0260. The SMILES string of the molecule is Cc1nc(F)ccc1[C@H](Nc1cc(Cl)c2ncc(C#N)c(NCC(C)(C)C)c2c1)C1=C(C#N)N(C2(C(F)F)CC2)NN1. The monoisotopic (exact) mass is 595 g/mol. The van der Waals surface area contributed by atoms with E-state index in [0.29, 0.717) is 50.7 Å². The van der Waals surface area contributed by atoms with Gasteiger partial charge in [0.2, 0.25) is 5.95 Å². The Morgan fingerprint density at radius 1 is 1.19 bits per heavy atom. The molecule has 1 atom stereocenters. The van der Waals surface area contributed by atoms with E-state index in [4.69, 9.17) is 11.6 Å². The number of hydrogen-bond donors (Lipinski definition) is 4. The molecule has 0 bridgehead atoms. The normalized spacial score (nSPS) is 16.7. The molecule has 0 unspecified atom stereocenters. The number of rotatable bonds is 8. The van der Waals surface area contributed by atoms with Crippen LogP contribution in [-0.4, -0.2) is 33.5 Å². The average molecular weight is 596 g/mol. The molecule has 2 aromatic heterocycles. The highest BCUT2D eigenvalue weighted by atomic mass is 35.5. The summed E-state index contributed by atoms with van der Waals surface area (Å²) < 4.78 is 42.0. The van der Waals surface area contributed by atoms with Crippen molar-refractivity contribution in [2.45, 2.75) is 58.5 Å². The lowest BCUT2D eigenvalue weighted by molar-refractivity contribution is 0.00489. The van der Waals surface area contributed by atoms with Gasteiger partial charge < -0.3 is 16.1 Å². The van der Waals surface area contributed by atoms with Crippen LogP contribution in [0.5, 0.6) is 0 Å². The van der Waals surface area contributed by atoms with Gasteiger partial charge in [0.1, 0.15) is 17.7 Å². The Hall–Kier alpha value is -4.26. The number of hydrazine groups is 2. The van der Waals surface area contributed by atoms with Crippen molar-refractivity contribution in [1.29, 1.82) is 10.5 Å². The van der Waals surface area contributed by atoms with Crippen LogP contribution in [0, 0.1) is 40.9 Å². The first kappa shape index (κ1) is 29.2. The first-order chi connectivity index (χ1) is 19.9. The Morgan fingerprint density at radius 3 is 2.52 bits per heavy atom. The molecule has 13 heteroatoms. The van der Waals surface area contributed by atoms with Gasteiger partial charge in [0.15, 0.2) is 5.70 Å². The highest BCUT2D eigenvalue weighted by Gasteiger charge is 2.59. The zero-order valence-corrected chi connectivity index (χ0v) is 24.2. The van der Waals surface area contributed by atoms with Gasteiger partial charge in [-0.3, -0.25) is 9.99 Å². The molecule has 3 heterocycles. The highest BCUT2D eigenvalue weighted by molar-refractivity contribution is 6.35. The molecule has 1 aliphatic carbocycles. The van der Waals surface area contributed by atoms with Crippen LogP contribution in [0.1, 0.15) is 56.5 Å². The van der Waals surface area contributed by atoms with E-state index in [-0.39, 0.29) is 29.7 Å². The quantitative estimate of drug-likeness (QED) is 0.230. The fourth-order valence-electron chi connectivity index (χ4n) is 4.96. The molecule has 4 N–H and O–H groups in total. The summed E-state index contributed by atoms with van der Waals surface area (Å²) in [4.78, 5) is 8.34. The van der Waals surface area contributed by atoms with Crippen molar-refractivity contribution >= 4 is 33.9 Å². The van der Waals surface area contributed by atoms with Gasteiger partial charge in [-0.15, -0.1) is 5.53 Å². The topological polar surface area (TPSA) is 125 Å². The van der Waals surface area contributed by atoms with E-state index in [1.54, 1.807) is 19.1 Å². The standard InChI is InChI=1S/C29H29ClF3N9/c1-15-18(5-6-22(31)38-15)25(26-21(12-35)42(41-40-26)29(7-8-29)27(32)33)39-17-9-19-23(37-14-28(2,3)4)16(11-34)13-36-24(19)20(30)10-17/h5-6,9-10,13,25,27,39-41H,7-8,14H2,1-4H3,(H,36,37)/t25-/m0/s1. The van der Waals surface area contributed by atoms with Crippen molar-refractivity contribution in [3.8, 4) is 12.1 Å². The van der Waals surface area contributed by atoms with E-state index in [9.17, 15) is 23.7 Å². The molecule has 9 nitrogen and oxygen atoms in total. The second-order valence-electron chi connectivity index (χ2n) is 11.7. The van der Waals surface area contributed by atoms with Gasteiger partial charge in [0.05, 0.1) is 33.5 Å². The third kappa shape index (κ3) is 5.36. The van der Waals surface area contributed by atoms with Gasteiger partial charge in [-0.25, -0.2) is 13.8 Å². The maximum Gasteiger partial charge on any atom is 0.263 e. The molecule has 0 saturated heterocycles. The molecule has 218 valence electrons. The summed E-state index contributed by atoms with van der Waals surface area (Å²) in [5, 5.41) is 28.7. The number of anilines is 2. The lowest BCUT2D eigenvalue weighted by atomic mass is 9.96. The smallest absolute Gasteiger partial charge is 0.263 e. The number of nitrogens with zero attached hydrogens (tertiary/aromatic N) is 5. The van der Waals surface area contributed by atoms with Crippen LogP contribution in [0.15, 0.2) is 41.9 Å². The highest BCUT2D eigenvalue weighted by Crippen LogP contribution is 2.49. The predicted molar refractivity (Wildman–Crippen MR) is 153 cm³/mol. The van der Waals surface area contributed by atoms with Crippen molar-refractivity contribution in [1.82, 2.24) is 25.9 Å². The number of aryl methyl sites for hydroxylation is 1. The zero-order chi connectivity index (χ0) is 30.4. The summed E-state index contributed by atoms with van der Waals surface area (Å²) >= 11 is 6.68. The Bertz CT molecular complexity index is 1670. The number of pyridine rings is 2. The van der Waals surface area contributed by atoms with E-state index < -0.39 is 24.0 Å². The van der Waals surface area contributed by atoms with Gasteiger partial charge in [0.25, 0.3) is 6.43 Å². The van der Waals surface area contributed by atoms with Crippen LogP contribution < -0.4 is 21.6 Å². The number of allylic oxidation sites excluding steroid dienone is 1. The van der Waals surface area contributed by atoms with Gasteiger partial charge in [0, 0.05) is 35.1 Å². The second-order valence-corrected chi connectivity index (χ2v) is 12.1. The Labute approximate surface area is 246 Å². The van der Waals surface area contributed by atoms with Crippen molar-refractivity contribution in [2.24, 2.45) is 5.41 Å². The first-order valence-corrected chi connectivity index (χ1v) is 13.7. The van der Waals surface area contributed by atoms with Crippen LogP contribution in [-0.2, 0) is 0 Å². The molecule has 1 fully saturated rings. The third-order valence-corrected chi connectivity index (χ3v) is 7.63. The Kier molecular flexibility index (Phi) is 7.56. The maximum absolute atomic E-state index is 14.0. The maximum atomic E-state index is 14.0. The van der Waals surface area contributed by atoms with Crippen LogP contribution in [0.3, 0.4) is 0 Å². The fraction of sp³-hybridized carbons (Fsp3) is 0.379. The number of fused-ring (bicyclic) bond motifs is 1. The molecule has 1 saturated carbocycles. The minimum Gasteiger partial charge on any atom is -0.383 e. The lowest BCUT2D eigenvalue weighted by Gasteiger charge is -2.27. The van der Waals surface area contributed by atoms with Crippen LogP contribution >= 0.6 is 11.6 Å². The number of hydrogen-bond acceptors (Lipinski definition) is 9. The number of alkyl halides is 2. The van der Waals surface area contributed by atoms with Gasteiger partial charge >= 0.3 is 0 Å². The zero-order valence-electron chi connectivity index (χ0n) is 23.4. The molecule has 5 rings (SSSR count). The molecule has 1 aliphatic heterocycles. The van der Waals surface area contributed by atoms with Crippen LogP contribution in [0.25, 0.3) is 10.9 Å². The van der Waals surface area contributed by atoms with Gasteiger partial charge in [-0.1, -0.05) is 38.4 Å². The number of benzene rings is 1. The van der Waals surface area contributed by atoms with E-state index in [1.807, 2.05) is 0 Å². The number of aromatic nitrogens is 2. The van der Waals surface area contributed by atoms with Gasteiger partial charge in [-0.05, 0) is 43.4 Å². The molecule has 0 amide bonds. The van der Waals surface area contributed by atoms with E-state index >= 15 is 0 Å². The number of halogens is 4. The molecule has 0 spiro atoms. The molecule has 1 aromatic carbocycles. The lowest BCUT2D eigenvalue weighted by Crippen LogP contribution is -2.50. The Balaban J connectivity index is 1.64. The summed E-state index contributed by atoms with van der Waals surface area (Å²) in [7, 11) is 0. The molecule has 2 aliphatic rings. The number of nitrogens with one attached hydrogen (secondary N) is 4. The molecule has 42 heavy (non-hydrogen) atoms. The summed E-state index contributed by atoms with van der Waals surface area (Å²) in [6, 6.07) is 9.50. The van der Waals surface area contributed by atoms with Crippen LogP contribution in [0.2, 0.25) is 5.02 Å². The van der Waals surface area contributed by atoms with Crippen molar-refractivity contribution in [2.75, 3.05) is 17.2 Å². The Morgan fingerprint density at radius 2 is 1.93 bits per heavy atom. The third-order valence-electron chi connectivity index (χ3n) is 7.34. The summed E-state index contributed by atoms with van der Waals surface area (Å²) in [6.07, 6.45) is -0.792. The summed E-state index contributed by atoms with van der Waals surface area (Å²) in [5.41, 5.74) is 6.98. The molecule has 0 radical (unpaired) electrons. The average Bonchev–Trinajstić information content (AvgIpc) is 3.63. The second kappa shape index (κ2) is 10.9. The van der Waals surface area contributed by atoms with Gasteiger partial charge in [-0.2, -0.15) is 14.9 Å². The van der Waals surface area contributed by atoms with Crippen molar-refractivity contribution < 1.29 is 13.2 Å². The first-order valence-electron chi connectivity index (χ1n) is 13.3. The number of nitriles is 2. The van der Waals surface area contributed by atoms with Crippen molar-refractivity contribution in [3.05, 3.63) is 69.6 Å². The largest absolute Gasteiger partial charge is 0.383 e. The molecule has 3 aromatic rings. The van der Waals surface area contributed by atoms with E-state index in [1.165, 1.54) is 23.3 Å². The van der Waals surface area contributed by atoms with E-state index in [0.717, 1.165) is 0 Å².